The van der Waals surface area contributed by atoms with Crippen LogP contribution in [0.3, 0.4) is 0 Å². The molecule has 0 aliphatic carbocycles. The van der Waals surface area contributed by atoms with Gasteiger partial charge >= 0.3 is 0 Å². The summed E-state index contributed by atoms with van der Waals surface area (Å²) < 4.78 is 0. The second-order valence-corrected chi connectivity index (χ2v) is 7.18. The second kappa shape index (κ2) is 5.93. The molecule has 3 rings (SSSR count). The predicted molar refractivity (Wildman–Crippen MR) is 81.2 cm³/mol. The largest absolute Gasteiger partial charge is 0.355 e. The molecule has 1 aliphatic rings. The lowest BCUT2D eigenvalue weighted by Gasteiger charge is -2.08. The maximum atomic E-state index is 12.1. The number of fused-ring (bicyclic) bond motifs is 1. The number of thioether (sulfide) groups is 1. The van der Waals surface area contributed by atoms with E-state index in [1.807, 2.05) is 19.1 Å². The molecule has 0 radical (unpaired) electrons. The fourth-order valence-corrected chi connectivity index (χ4v) is 4.10. The highest BCUT2D eigenvalue weighted by molar-refractivity contribution is 8.01. The normalized spacial score (nSPS) is 16.9. The van der Waals surface area contributed by atoms with Gasteiger partial charge in [0.25, 0.3) is 0 Å². The summed E-state index contributed by atoms with van der Waals surface area (Å²) in [6, 6.07) is 8.22. The highest BCUT2D eigenvalue weighted by atomic mass is 32.2. The third-order valence-electron chi connectivity index (χ3n) is 3.15. The van der Waals surface area contributed by atoms with E-state index < -0.39 is 0 Å². The minimum Gasteiger partial charge on any atom is -0.355 e. The molecule has 1 aliphatic heterocycles. The van der Waals surface area contributed by atoms with E-state index in [0.29, 0.717) is 6.54 Å². The molecule has 6 heteroatoms. The summed E-state index contributed by atoms with van der Waals surface area (Å²) in [5.74, 6) is 0.118. The number of hydrogen-bond acceptors (Lipinski definition) is 5. The summed E-state index contributed by atoms with van der Waals surface area (Å²) in [4.78, 5) is 13.4. The number of nitrogens with zero attached hydrogens (tertiary/aromatic N) is 2. The van der Waals surface area contributed by atoms with Crippen LogP contribution in [0.1, 0.15) is 15.6 Å². The number of amides is 1. The van der Waals surface area contributed by atoms with Gasteiger partial charge in [-0.3, -0.25) is 4.79 Å². The standard InChI is InChI=1S/C14H15N3OS2/c1-9-16-17-13(19-9)6-7-15-14(18)12-8-10-4-2-3-5-11(10)20-12/h2-5,12H,6-8H2,1H3,(H,15,18)/t12-/m1/s1. The van der Waals surface area contributed by atoms with E-state index in [9.17, 15) is 4.79 Å². The third-order valence-corrected chi connectivity index (χ3v) is 5.36. The summed E-state index contributed by atoms with van der Waals surface area (Å²) in [6.07, 6.45) is 1.58. The van der Waals surface area contributed by atoms with Crippen molar-refractivity contribution in [2.45, 2.75) is 29.9 Å². The topological polar surface area (TPSA) is 54.9 Å². The number of rotatable bonds is 4. The molecule has 104 valence electrons. The van der Waals surface area contributed by atoms with Gasteiger partial charge in [0, 0.05) is 17.9 Å². The van der Waals surface area contributed by atoms with E-state index in [4.69, 9.17) is 0 Å². The fraction of sp³-hybridized carbons (Fsp3) is 0.357. The van der Waals surface area contributed by atoms with Gasteiger partial charge in [-0.25, -0.2) is 0 Å². The Morgan fingerprint density at radius 3 is 3.00 bits per heavy atom. The first kappa shape index (κ1) is 13.6. The molecule has 1 aromatic carbocycles. The molecule has 1 N–H and O–H groups in total. The zero-order chi connectivity index (χ0) is 13.9. The number of nitrogens with one attached hydrogen (secondary N) is 1. The van der Waals surface area contributed by atoms with Gasteiger partial charge in [0.05, 0.1) is 5.25 Å². The molecule has 0 saturated carbocycles. The van der Waals surface area contributed by atoms with Crippen molar-refractivity contribution in [2.75, 3.05) is 6.54 Å². The Kier molecular flexibility index (Phi) is 4.03. The van der Waals surface area contributed by atoms with Crippen LogP contribution in [-0.2, 0) is 17.6 Å². The second-order valence-electron chi connectivity index (χ2n) is 4.67. The molecule has 0 bridgehead atoms. The van der Waals surface area contributed by atoms with Crippen molar-refractivity contribution in [1.82, 2.24) is 15.5 Å². The first-order valence-corrected chi connectivity index (χ1v) is 8.23. The number of aryl methyl sites for hydroxylation is 1. The molecule has 1 atom stereocenters. The summed E-state index contributed by atoms with van der Waals surface area (Å²) in [6.45, 7) is 2.56. The first-order chi connectivity index (χ1) is 9.72. The van der Waals surface area contributed by atoms with Gasteiger partial charge in [0.2, 0.25) is 5.91 Å². The Morgan fingerprint density at radius 1 is 1.40 bits per heavy atom. The molecule has 4 nitrogen and oxygen atoms in total. The average Bonchev–Trinajstić information content (AvgIpc) is 3.04. The minimum absolute atomic E-state index is 0.00329. The van der Waals surface area contributed by atoms with Crippen LogP contribution in [0.25, 0.3) is 0 Å². The Bertz CT molecular complexity index is 601. The molecular formula is C14H15N3OS2. The summed E-state index contributed by atoms with van der Waals surface area (Å²) in [5, 5.41) is 13.0. The van der Waals surface area contributed by atoms with Gasteiger partial charge in [-0.2, -0.15) is 0 Å². The maximum absolute atomic E-state index is 12.1. The highest BCUT2D eigenvalue weighted by Gasteiger charge is 2.27. The predicted octanol–water partition coefficient (Wildman–Crippen LogP) is 2.22. The first-order valence-electron chi connectivity index (χ1n) is 6.53. The average molecular weight is 305 g/mol. The number of benzene rings is 1. The number of hydrogen-bond donors (Lipinski definition) is 1. The lowest BCUT2D eigenvalue weighted by molar-refractivity contribution is -0.120. The lowest BCUT2D eigenvalue weighted by atomic mass is 10.1. The SMILES string of the molecule is Cc1nnc(CCNC(=O)[C@H]2Cc3ccccc3S2)s1. The molecule has 1 amide bonds. The quantitative estimate of drug-likeness (QED) is 0.941. The molecular weight excluding hydrogens is 290 g/mol. The van der Waals surface area contributed by atoms with Crippen molar-refractivity contribution in [3.05, 3.63) is 39.8 Å². The summed E-state index contributed by atoms with van der Waals surface area (Å²) in [5.41, 5.74) is 1.28. The zero-order valence-electron chi connectivity index (χ0n) is 11.1. The van der Waals surface area contributed by atoms with Gasteiger partial charge in [0.1, 0.15) is 10.0 Å². The lowest BCUT2D eigenvalue weighted by Crippen LogP contribution is -2.33. The Balaban J connectivity index is 1.49. The van der Waals surface area contributed by atoms with Gasteiger partial charge < -0.3 is 5.32 Å². The van der Waals surface area contributed by atoms with Crippen molar-refractivity contribution in [1.29, 1.82) is 0 Å². The third kappa shape index (κ3) is 3.02. The minimum atomic E-state index is 0.00329. The fourth-order valence-electron chi connectivity index (χ4n) is 2.17. The molecule has 0 saturated heterocycles. The van der Waals surface area contributed by atoms with Crippen molar-refractivity contribution in [3.63, 3.8) is 0 Å². The molecule has 0 spiro atoms. The van der Waals surface area contributed by atoms with Crippen molar-refractivity contribution in [3.8, 4) is 0 Å². The number of carbonyl (C=O) groups is 1. The number of carbonyl (C=O) groups excluding carboxylic acids is 1. The van der Waals surface area contributed by atoms with Crippen LogP contribution in [0, 0.1) is 6.92 Å². The van der Waals surface area contributed by atoms with E-state index in [1.54, 1.807) is 23.1 Å². The smallest absolute Gasteiger partial charge is 0.233 e. The highest BCUT2D eigenvalue weighted by Crippen LogP contribution is 2.36. The van der Waals surface area contributed by atoms with Crippen LogP contribution in [0.5, 0.6) is 0 Å². The van der Waals surface area contributed by atoms with Gasteiger partial charge in [-0.15, -0.1) is 33.3 Å². The Labute approximate surface area is 126 Å². The maximum Gasteiger partial charge on any atom is 0.233 e. The molecule has 1 aromatic heterocycles. The molecule has 0 unspecified atom stereocenters. The van der Waals surface area contributed by atoms with E-state index in [2.05, 4.69) is 27.6 Å². The van der Waals surface area contributed by atoms with E-state index in [-0.39, 0.29) is 11.2 Å². The molecule has 2 aromatic rings. The van der Waals surface area contributed by atoms with Gasteiger partial charge in [-0.05, 0) is 25.0 Å². The van der Waals surface area contributed by atoms with E-state index in [0.717, 1.165) is 22.9 Å². The Hall–Kier alpha value is -1.40. The van der Waals surface area contributed by atoms with Crippen LogP contribution in [-0.4, -0.2) is 27.9 Å². The van der Waals surface area contributed by atoms with Gasteiger partial charge in [-0.1, -0.05) is 18.2 Å². The summed E-state index contributed by atoms with van der Waals surface area (Å²) in [7, 11) is 0. The molecule has 0 fully saturated rings. The monoisotopic (exact) mass is 305 g/mol. The van der Waals surface area contributed by atoms with Gasteiger partial charge in [0.15, 0.2) is 0 Å². The number of aromatic nitrogens is 2. The van der Waals surface area contributed by atoms with Crippen LogP contribution in [0.15, 0.2) is 29.2 Å². The van der Waals surface area contributed by atoms with E-state index >= 15 is 0 Å². The van der Waals surface area contributed by atoms with Crippen molar-refractivity contribution < 1.29 is 4.79 Å². The van der Waals surface area contributed by atoms with Crippen molar-refractivity contribution in [2.24, 2.45) is 0 Å². The molecule has 20 heavy (non-hydrogen) atoms. The van der Waals surface area contributed by atoms with Crippen molar-refractivity contribution >= 4 is 29.0 Å². The molecule has 2 heterocycles. The van der Waals surface area contributed by atoms with Crippen LogP contribution in [0.2, 0.25) is 0 Å². The van der Waals surface area contributed by atoms with Crippen LogP contribution >= 0.6 is 23.1 Å². The van der Waals surface area contributed by atoms with Crippen LogP contribution in [0.4, 0.5) is 0 Å². The zero-order valence-corrected chi connectivity index (χ0v) is 12.8. The summed E-state index contributed by atoms with van der Waals surface area (Å²) >= 11 is 3.24. The van der Waals surface area contributed by atoms with Crippen LogP contribution < -0.4 is 5.32 Å². The van der Waals surface area contributed by atoms with E-state index in [1.165, 1.54) is 10.5 Å². The Morgan fingerprint density at radius 2 is 2.25 bits per heavy atom.